The van der Waals surface area contributed by atoms with Crippen molar-refractivity contribution in [2.24, 2.45) is 0 Å². The van der Waals surface area contributed by atoms with Crippen LogP contribution in [0.5, 0.6) is 11.5 Å². The van der Waals surface area contributed by atoms with E-state index in [1.54, 1.807) is 0 Å². The summed E-state index contributed by atoms with van der Waals surface area (Å²) in [7, 11) is 0. The molecular weight excluding hydrogens is 464 g/mol. The van der Waals surface area contributed by atoms with Gasteiger partial charge in [-0.25, -0.2) is 0 Å². The molecule has 0 bridgehead atoms. The Morgan fingerprint density at radius 2 is 0.921 bits per heavy atom. The third-order valence-electron chi connectivity index (χ3n) is 7.73. The topological polar surface area (TPSA) is 18.5 Å². The third kappa shape index (κ3) is 5.60. The molecule has 1 aliphatic carbocycles. The summed E-state index contributed by atoms with van der Waals surface area (Å²) in [5.41, 5.74) is 4.90. The average Bonchev–Trinajstić information content (AvgIpc) is 3.00. The van der Waals surface area contributed by atoms with Gasteiger partial charge in [-0.1, -0.05) is 117 Å². The molecule has 2 heteroatoms. The van der Waals surface area contributed by atoms with Crippen LogP contribution in [0.4, 0.5) is 0 Å². The summed E-state index contributed by atoms with van der Waals surface area (Å²) in [4.78, 5) is 0. The molecule has 2 atom stereocenters. The lowest BCUT2D eigenvalue weighted by molar-refractivity contribution is 0.255. The van der Waals surface area contributed by atoms with E-state index in [0.29, 0.717) is 0 Å². The maximum atomic E-state index is 6.29. The van der Waals surface area contributed by atoms with Gasteiger partial charge in [-0.2, -0.15) is 0 Å². The Morgan fingerprint density at radius 3 is 1.29 bits per heavy atom. The van der Waals surface area contributed by atoms with Crippen LogP contribution in [0.25, 0.3) is 0 Å². The Bertz CT molecular complexity index is 1200. The number of rotatable bonds is 10. The minimum Gasteiger partial charge on any atom is -0.482 e. The molecule has 4 aromatic rings. The van der Waals surface area contributed by atoms with Crippen molar-refractivity contribution in [2.75, 3.05) is 0 Å². The molecule has 38 heavy (non-hydrogen) atoms. The maximum Gasteiger partial charge on any atom is 0.142 e. The second-order valence-electron chi connectivity index (χ2n) is 10.1. The zero-order valence-electron chi connectivity index (χ0n) is 22.0. The first-order chi connectivity index (χ1) is 18.7. The smallest absolute Gasteiger partial charge is 0.142 e. The quantitative estimate of drug-likeness (QED) is 0.202. The molecule has 0 aromatic heterocycles. The van der Waals surface area contributed by atoms with E-state index in [4.69, 9.17) is 9.47 Å². The van der Waals surface area contributed by atoms with Gasteiger partial charge in [0.25, 0.3) is 0 Å². The molecule has 0 saturated heterocycles. The molecule has 2 nitrogen and oxygen atoms in total. The molecule has 0 amide bonds. The van der Waals surface area contributed by atoms with E-state index in [0.717, 1.165) is 35.5 Å². The highest BCUT2D eigenvalue weighted by Crippen LogP contribution is 2.45. The van der Waals surface area contributed by atoms with E-state index in [-0.39, 0.29) is 17.6 Å². The Labute approximate surface area is 227 Å². The van der Waals surface area contributed by atoms with Crippen molar-refractivity contribution in [1.29, 1.82) is 0 Å². The largest absolute Gasteiger partial charge is 0.482 e. The SMILES string of the molecule is C=CC(Oc1ccc(C2(c3ccc(OC(C=C)c4ccccc4)cc3)CCCCC2)cc1)c1ccccc1. The highest BCUT2D eigenvalue weighted by atomic mass is 16.5. The Morgan fingerprint density at radius 1 is 0.526 bits per heavy atom. The van der Waals surface area contributed by atoms with Crippen LogP contribution in [0, 0.1) is 0 Å². The Hall–Kier alpha value is -4.04. The molecule has 0 heterocycles. The second kappa shape index (κ2) is 12.0. The molecule has 4 aromatic carbocycles. The lowest BCUT2D eigenvalue weighted by Crippen LogP contribution is -2.30. The van der Waals surface area contributed by atoms with Crippen molar-refractivity contribution in [2.45, 2.75) is 49.7 Å². The van der Waals surface area contributed by atoms with Gasteiger partial charge in [-0.3, -0.25) is 0 Å². The fraction of sp³-hybridized carbons (Fsp3) is 0.222. The minimum atomic E-state index is -0.173. The average molecular weight is 501 g/mol. The molecule has 192 valence electrons. The van der Waals surface area contributed by atoms with Crippen molar-refractivity contribution in [3.05, 3.63) is 157 Å². The van der Waals surface area contributed by atoms with Gasteiger partial charge in [0.2, 0.25) is 0 Å². The fourth-order valence-corrected chi connectivity index (χ4v) is 5.69. The van der Waals surface area contributed by atoms with E-state index in [1.807, 2.05) is 48.6 Å². The first-order valence-corrected chi connectivity index (χ1v) is 13.6. The maximum absolute atomic E-state index is 6.29. The van der Waals surface area contributed by atoms with Gasteiger partial charge in [0.1, 0.15) is 23.7 Å². The molecule has 2 unspecified atom stereocenters. The van der Waals surface area contributed by atoms with Crippen LogP contribution < -0.4 is 9.47 Å². The first-order valence-electron chi connectivity index (χ1n) is 13.6. The van der Waals surface area contributed by atoms with E-state index in [1.165, 1.54) is 30.4 Å². The summed E-state index contributed by atoms with van der Waals surface area (Å²) in [6.45, 7) is 7.96. The van der Waals surface area contributed by atoms with Crippen LogP contribution in [-0.4, -0.2) is 0 Å². The van der Waals surface area contributed by atoms with Crippen LogP contribution in [-0.2, 0) is 5.41 Å². The van der Waals surface area contributed by atoms with Crippen molar-refractivity contribution < 1.29 is 9.47 Å². The van der Waals surface area contributed by atoms with E-state index < -0.39 is 0 Å². The molecule has 0 aliphatic heterocycles. The molecular formula is C36H36O2. The summed E-state index contributed by atoms with van der Waals surface area (Å²) in [6, 6.07) is 37.9. The molecule has 1 fully saturated rings. The van der Waals surface area contributed by atoms with Gasteiger partial charge in [0.05, 0.1) is 0 Å². The molecule has 1 saturated carbocycles. The van der Waals surface area contributed by atoms with Crippen LogP contribution in [0.2, 0.25) is 0 Å². The van der Waals surface area contributed by atoms with Crippen LogP contribution in [0.15, 0.2) is 135 Å². The predicted molar refractivity (Wildman–Crippen MR) is 157 cm³/mol. The standard InChI is InChI=1S/C36H36O2/c1-3-34(28-14-8-5-9-15-28)37-32-22-18-30(19-23-32)36(26-12-7-13-27-36)31-20-24-33(25-21-31)38-35(4-2)29-16-10-6-11-17-29/h3-6,8-11,14-25,34-35H,1-2,7,12-13,26-27H2. The third-order valence-corrected chi connectivity index (χ3v) is 7.73. The van der Waals surface area contributed by atoms with Gasteiger partial charge in [0, 0.05) is 5.41 Å². The highest BCUT2D eigenvalue weighted by molar-refractivity contribution is 5.44. The highest BCUT2D eigenvalue weighted by Gasteiger charge is 2.35. The van der Waals surface area contributed by atoms with Gasteiger partial charge < -0.3 is 9.47 Å². The fourth-order valence-electron chi connectivity index (χ4n) is 5.69. The minimum absolute atomic E-state index is 0.00382. The number of hydrogen-bond donors (Lipinski definition) is 0. The van der Waals surface area contributed by atoms with Gasteiger partial charge in [-0.15, -0.1) is 0 Å². The Kier molecular flexibility index (Phi) is 8.09. The first kappa shape index (κ1) is 25.6. The Balaban J connectivity index is 1.36. The summed E-state index contributed by atoms with van der Waals surface area (Å²) >= 11 is 0. The summed E-state index contributed by atoms with van der Waals surface area (Å²) < 4.78 is 12.6. The lowest BCUT2D eigenvalue weighted by Gasteiger charge is -2.39. The number of hydrogen-bond acceptors (Lipinski definition) is 2. The number of ether oxygens (including phenoxy) is 2. The summed E-state index contributed by atoms with van der Waals surface area (Å²) in [5.74, 6) is 1.71. The van der Waals surface area contributed by atoms with Crippen molar-refractivity contribution in [1.82, 2.24) is 0 Å². The van der Waals surface area contributed by atoms with E-state index in [9.17, 15) is 0 Å². The normalized spacial score (nSPS) is 16.1. The van der Waals surface area contributed by atoms with Crippen molar-refractivity contribution in [3.63, 3.8) is 0 Å². The number of benzene rings is 4. The van der Waals surface area contributed by atoms with E-state index >= 15 is 0 Å². The van der Waals surface area contributed by atoms with Crippen molar-refractivity contribution in [3.8, 4) is 11.5 Å². The molecule has 0 radical (unpaired) electrons. The van der Waals surface area contributed by atoms with Crippen molar-refractivity contribution >= 4 is 0 Å². The molecule has 0 N–H and O–H groups in total. The zero-order valence-corrected chi connectivity index (χ0v) is 22.0. The summed E-state index contributed by atoms with van der Waals surface area (Å²) in [6.07, 6.45) is 9.40. The van der Waals surface area contributed by atoms with Crippen LogP contribution in [0.1, 0.15) is 66.6 Å². The van der Waals surface area contributed by atoms with Crippen LogP contribution >= 0.6 is 0 Å². The van der Waals surface area contributed by atoms with Crippen LogP contribution in [0.3, 0.4) is 0 Å². The van der Waals surface area contributed by atoms with Gasteiger partial charge in [-0.05, 0) is 71.5 Å². The molecule has 5 rings (SSSR count). The molecule has 0 spiro atoms. The second-order valence-corrected chi connectivity index (χ2v) is 10.1. The monoisotopic (exact) mass is 500 g/mol. The zero-order chi connectivity index (χ0) is 26.2. The molecule has 1 aliphatic rings. The van der Waals surface area contributed by atoms with Gasteiger partial charge in [0.15, 0.2) is 0 Å². The van der Waals surface area contributed by atoms with Gasteiger partial charge >= 0.3 is 0 Å². The lowest BCUT2D eigenvalue weighted by atomic mass is 9.65. The predicted octanol–water partition coefficient (Wildman–Crippen LogP) is 9.55. The van der Waals surface area contributed by atoms with E-state index in [2.05, 4.69) is 86.0 Å². The summed E-state index contributed by atoms with van der Waals surface area (Å²) in [5, 5.41) is 0.